The fraction of sp³-hybridized carbons (Fsp3) is 0. The van der Waals surface area contributed by atoms with Crippen LogP contribution in [0.4, 0.5) is 0 Å². The number of rotatable bonds is 0. The first-order valence-corrected chi connectivity index (χ1v) is 2.62. The minimum absolute atomic E-state index is 0. The zero-order chi connectivity index (χ0) is 3.58. The molecule has 0 spiro atoms. The summed E-state index contributed by atoms with van der Waals surface area (Å²) < 4.78 is 17.6. The molecule has 0 rings (SSSR count). The van der Waals surface area contributed by atoms with E-state index < -0.39 is 7.03 Å². The monoisotopic (exact) mass is 128 g/mol. The first-order chi connectivity index (χ1) is 1.73. The first kappa shape index (κ1) is 9.21. The summed E-state index contributed by atoms with van der Waals surface area (Å²) in [6.07, 6.45) is 0. The van der Waals surface area contributed by atoms with Crippen LogP contribution in [-0.4, -0.2) is 17.4 Å². The molecule has 0 aromatic rings. The predicted octanol–water partition coefficient (Wildman–Crippen LogP) is 0.129. The molecule has 2 nitrogen and oxygen atoms in total. The van der Waals surface area contributed by atoms with Gasteiger partial charge in [0.05, 0.1) is 0 Å². The van der Waals surface area contributed by atoms with Crippen molar-refractivity contribution in [1.82, 2.24) is 0 Å². The Morgan fingerprint density at radius 3 is 1.40 bits per heavy atom. The van der Waals surface area contributed by atoms with Gasteiger partial charge < -0.3 is 0 Å². The van der Waals surface area contributed by atoms with E-state index in [1.165, 1.54) is 0 Å². The highest BCUT2D eigenvalue weighted by atomic mass is 35.7. The summed E-state index contributed by atoms with van der Waals surface area (Å²) in [6, 6.07) is 0. The summed E-state index contributed by atoms with van der Waals surface area (Å²) in [5.41, 5.74) is 0. The molecule has 30 valence electrons. The smallest absolute Gasteiger partial charge is 0.219 e. The molecule has 0 fully saturated rings. The molecule has 0 bridgehead atoms. The van der Waals surface area contributed by atoms with Gasteiger partial charge in [-0.05, 0) is 0 Å². The summed E-state index contributed by atoms with van der Waals surface area (Å²) >= 11 is 4.23. The molecule has 0 aliphatic heterocycles. The van der Waals surface area contributed by atoms with Crippen LogP contribution in [0.15, 0.2) is 0 Å². The van der Waals surface area contributed by atoms with Crippen molar-refractivity contribution in [2.45, 2.75) is 0 Å². The predicted molar refractivity (Wildman–Crippen MR) is 24.1 cm³/mol. The van der Waals surface area contributed by atoms with Gasteiger partial charge in [0.2, 0.25) is 0 Å². The molecule has 5 heteroatoms. The number of halogens is 1. The van der Waals surface area contributed by atoms with E-state index in [1.54, 1.807) is 0 Å². The lowest BCUT2D eigenvalue weighted by Gasteiger charge is -1.28. The molecule has 5 heavy (non-hydrogen) atoms. The standard InChI is InChI=1S/Al.ClO2P.3H/c;1-4(2)3;;;. The summed E-state index contributed by atoms with van der Waals surface area (Å²) in [5, 5.41) is 0. The van der Waals surface area contributed by atoms with Gasteiger partial charge in [0.15, 0.2) is 17.4 Å². The second-order valence-corrected chi connectivity index (χ2v) is 1.47. The zero-order valence-electron chi connectivity index (χ0n) is 1.64. The van der Waals surface area contributed by atoms with Gasteiger partial charge in [-0.2, -0.15) is 0 Å². The molecule has 0 atom stereocenters. The maximum Gasteiger partial charge on any atom is 0.415 e. The van der Waals surface area contributed by atoms with Crippen LogP contribution in [0.5, 0.6) is 0 Å². The maximum atomic E-state index is 8.80. The molecule has 0 unspecified atom stereocenters. The Kier molecular flexibility index (Phi) is 8.70. The highest BCUT2D eigenvalue weighted by Gasteiger charge is 1.60. The van der Waals surface area contributed by atoms with Gasteiger partial charge in [-0.15, -0.1) is 0 Å². The van der Waals surface area contributed by atoms with Crippen molar-refractivity contribution in [1.29, 1.82) is 0 Å². The fourth-order valence-corrected chi connectivity index (χ4v) is 0. The minimum Gasteiger partial charge on any atom is -0.219 e. The Morgan fingerprint density at radius 1 is 1.40 bits per heavy atom. The van der Waals surface area contributed by atoms with Crippen LogP contribution < -0.4 is 0 Å². The summed E-state index contributed by atoms with van der Waals surface area (Å²) in [4.78, 5) is 0. The molecular formula is H3AlClO2P. The summed E-state index contributed by atoms with van der Waals surface area (Å²) in [5.74, 6) is 0. The Hall–Kier alpha value is 0.722. The van der Waals surface area contributed by atoms with E-state index in [1.807, 2.05) is 0 Å². The molecule has 0 saturated carbocycles. The highest BCUT2D eigenvalue weighted by Crippen LogP contribution is 2.05. The van der Waals surface area contributed by atoms with E-state index >= 15 is 0 Å². The molecule has 0 aromatic carbocycles. The first-order valence-electron chi connectivity index (χ1n) is 0.534. The minimum atomic E-state index is -2.65. The van der Waals surface area contributed by atoms with Crippen LogP contribution in [0, 0.1) is 0 Å². The van der Waals surface area contributed by atoms with E-state index in [-0.39, 0.29) is 17.4 Å². The zero-order valence-corrected chi connectivity index (χ0v) is 3.29. The van der Waals surface area contributed by atoms with E-state index in [2.05, 4.69) is 11.2 Å². The Morgan fingerprint density at radius 2 is 1.40 bits per heavy atom. The molecule has 0 aliphatic carbocycles. The van der Waals surface area contributed by atoms with Crippen molar-refractivity contribution < 1.29 is 9.13 Å². The van der Waals surface area contributed by atoms with Crippen LogP contribution >= 0.6 is 18.3 Å². The summed E-state index contributed by atoms with van der Waals surface area (Å²) in [7, 11) is -2.65. The topological polar surface area (TPSA) is 34.1 Å². The third-order valence-electron chi connectivity index (χ3n) is 0. The summed E-state index contributed by atoms with van der Waals surface area (Å²) in [6.45, 7) is 0. The normalized spacial score (nSPS) is 5.00. The van der Waals surface area contributed by atoms with E-state index in [0.717, 1.165) is 0 Å². The molecule has 0 N–H and O–H groups in total. The quantitative estimate of drug-likeness (QED) is 0.343. The number of hydrogen-bond donors (Lipinski definition) is 0. The van der Waals surface area contributed by atoms with Gasteiger partial charge in [0.1, 0.15) is 0 Å². The average Bonchev–Trinajstić information content (AvgIpc) is 0.811. The molecule has 0 aromatic heterocycles. The van der Waals surface area contributed by atoms with Crippen LogP contribution in [0.25, 0.3) is 0 Å². The Labute approximate surface area is 45.3 Å². The van der Waals surface area contributed by atoms with E-state index in [0.29, 0.717) is 0 Å². The molecule has 0 aliphatic rings. The van der Waals surface area contributed by atoms with Crippen LogP contribution in [0.1, 0.15) is 0 Å². The molecule has 0 amide bonds. The molecule has 0 saturated heterocycles. The van der Waals surface area contributed by atoms with Gasteiger partial charge in [0, 0.05) is 11.2 Å². The van der Waals surface area contributed by atoms with Crippen molar-refractivity contribution in [3.05, 3.63) is 0 Å². The Balaban J connectivity index is 0. The lowest BCUT2D eigenvalue weighted by atomic mass is 15.9. The van der Waals surface area contributed by atoms with E-state index in [9.17, 15) is 0 Å². The number of hydrogen-bond acceptors (Lipinski definition) is 2. The third kappa shape index (κ3) is 67.1. The van der Waals surface area contributed by atoms with Crippen LogP contribution in [0.2, 0.25) is 0 Å². The molecular weight excluding hydrogens is 125 g/mol. The van der Waals surface area contributed by atoms with Crippen LogP contribution in [-0.2, 0) is 9.13 Å². The maximum absolute atomic E-state index is 8.80. The SMILES string of the molecule is O=P(=O)Cl.[AlH3]. The highest BCUT2D eigenvalue weighted by molar-refractivity contribution is 7.63. The van der Waals surface area contributed by atoms with Gasteiger partial charge in [-0.25, -0.2) is 9.13 Å². The van der Waals surface area contributed by atoms with Crippen molar-refractivity contribution in [3.8, 4) is 0 Å². The van der Waals surface area contributed by atoms with Crippen molar-refractivity contribution >= 4 is 35.6 Å². The van der Waals surface area contributed by atoms with Gasteiger partial charge in [-0.1, -0.05) is 0 Å². The fourth-order valence-electron chi connectivity index (χ4n) is 0. The largest absolute Gasteiger partial charge is 0.415 e. The van der Waals surface area contributed by atoms with E-state index in [4.69, 9.17) is 9.13 Å². The Bertz CT molecular complexity index is 58.0. The van der Waals surface area contributed by atoms with Crippen LogP contribution in [0.3, 0.4) is 0 Å². The molecule has 0 radical (unpaired) electrons. The van der Waals surface area contributed by atoms with Crippen molar-refractivity contribution in [2.24, 2.45) is 0 Å². The lowest BCUT2D eigenvalue weighted by molar-refractivity contribution is 0.526. The van der Waals surface area contributed by atoms with Crippen molar-refractivity contribution in [3.63, 3.8) is 0 Å². The molecule has 0 heterocycles. The second-order valence-electron chi connectivity index (χ2n) is 0.213. The second kappa shape index (κ2) is 4.72. The van der Waals surface area contributed by atoms with Crippen molar-refractivity contribution in [2.75, 3.05) is 0 Å². The lowest BCUT2D eigenvalue weighted by Crippen LogP contribution is -0.949. The average molecular weight is 128 g/mol. The van der Waals surface area contributed by atoms with Gasteiger partial charge >= 0.3 is 7.03 Å². The third-order valence-corrected chi connectivity index (χ3v) is 0. The van der Waals surface area contributed by atoms with Gasteiger partial charge in [0.25, 0.3) is 0 Å². The van der Waals surface area contributed by atoms with Gasteiger partial charge in [-0.3, -0.25) is 0 Å².